The van der Waals surface area contributed by atoms with Gasteiger partial charge in [0, 0.05) is 11.5 Å². The standard InChI is InChI=1S/C13H26N2O4/c1-5-6-7-13(4,8-18-11(14)16)9-19-12(17)15-10(2)3/h10H,5-9H2,1-4H3,(H2,14,16)(H,15,17). The molecular formula is C13H26N2O4. The molecule has 0 aliphatic heterocycles. The summed E-state index contributed by atoms with van der Waals surface area (Å²) in [4.78, 5) is 22.1. The zero-order chi connectivity index (χ0) is 14.9. The summed E-state index contributed by atoms with van der Waals surface area (Å²) < 4.78 is 10.0. The van der Waals surface area contributed by atoms with Crippen LogP contribution >= 0.6 is 0 Å². The summed E-state index contributed by atoms with van der Waals surface area (Å²) in [5, 5.41) is 2.64. The van der Waals surface area contributed by atoms with E-state index in [-0.39, 0.29) is 19.3 Å². The summed E-state index contributed by atoms with van der Waals surface area (Å²) in [6.45, 7) is 8.04. The third kappa shape index (κ3) is 9.16. The molecule has 0 fully saturated rings. The van der Waals surface area contributed by atoms with E-state index in [1.165, 1.54) is 0 Å². The molecule has 3 N–H and O–H groups in total. The number of unbranched alkanes of at least 4 members (excludes halogenated alkanes) is 1. The highest BCUT2D eigenvalue weighted by atomic mass is 16.6. The van der Waals surface area contributed by atoms with Gasteiger partial charge in [0.25, 0.3) is 0 Å². The largest absolute Gasteiger partial charge is 0.449 e. The van der Waals surface area contributed by atoms with Crippen LogP contribution in [0.4, 0.5) is 9.59 Å². The molecule has 0 aromatic rings. The Morgan fingerprint density at radius 2 is 1.84 bits per heavy atom. The minimum absolute atomic E-state index is 0.0243. The number of nitrogens with two attached hydrogens (primary N) is 1. The van der Waals surface area contributed by atoms with Crippen LogP contribution in [0, 0.1) is 5.41 Å². The maximum absolute atomic E-state index is 11.4. The van der Waals surface area contributed by atoms with Crippen molar-refractivity contribution in [3.63, 3.8) is 0 Å². The zero-order valence-corrected chi connectivity index (χ0v) is 12.3. The van der Waals surface area contributed by atoms with Crippen molar-refractivity contribution in [3.8, 4) is 0 Å². The summed E-state index contributed by atoms with van der Waals surface area (Å²) in [7, 11) is 0. The van der Waals surface area contributed by atoms with Gasteiger partial charge >= 0.3 is 12.2 Å². The average molecular weight is 274 g/mol. The van der Waals surface area contributed by atoms with Crippen LogP contribution in [0.5, 0.6) is 0 Å². The first-order valence-corrected chi connectivity index (χ1v) is 6.64. The Morgan fingerprint density at radius 3 is 2.32 bits per heavy atom. The second kappa shape index (κ2) is 8.61. The number of carbonyl (C=O) groups is 2. The molecule has 112 valence electrons. The van der Waals surface area contributed by atoms with Gasteiger partial charge in [0.05, 0.1) is 0 Å². The van der Waals surface area contributed by atoms with Crippen LogP contribution < -0.4 is 11.1 Å². The maximum Gasteiger partial charge on any atom is 0.407 e. The number of ether oxygens (including phenoxy) is 2. The molecule has 0 spiro atoms. The van der Waals surface area contributed by atoms with Crippen molar-refractivity contribution in [1.29, 1.82) is 0 Å². The zero-order valence-electron chi connectivity index (χ0n) is 12.3. The van der Waals surface area contributed by atoms with Gasteiger partial charge < -0.3 is 20.5 Å². The minimum atomic E-state index is -0.811. The number of amides is 2. The van der Waals surface area contributed by atoms with E-state index in [1.807, 2.05) is 20.8 Å². The third-order valence-corrected chi connectivity index (χ3v) is 2.66. The molecule has 0 radical (unpaired) electrons. The quantitative estimate of drug-likeness (QED) is 0.711. The van der Waals surface area contributed by atoms with Crippen molar-refractivity contribution in [1.82, 2.24) is 5.32 Å². The molecule has 19 heavy (non-hydrogen) atoms. The van der Waals surface area contributed by atoms with Gasteiger partial charge in [0.1, 0.15) is 13.2 Å². The lowest BCUT2D eigenvalue weighted by molar-refractivity contribution is 0.0324. The van der Waals surface area contributed by atoms with E-state index in [9.17, 15) is 9.59 Å². The van der Waals surface area contributed by atoms with Gasteiger partial charge in [-0.1, -0.05) is 26.7 Å². The molecular weight excluding hydrogens is 248 g/mol. The second-order valence-corrected chi connectivity index (χ2v) is 5.40. The molecule has 0 saturated carbocycles. The van der Waals surface area contributed by atoms with Crippen LogP contribution in [0.3, 0.4) is 0 Å². The molecule has 1 atom stereocenters. The molecule has 1 unspecified atom stereocenters. The lowest BCUT2D eigenvalue weighted by Gasteiger charge is -2.28. The number of alkyl carbamates (subject to hydrolysis) is 1. The van der Waals surface area contributed by atoms with Crippen LogP contribution in [0.15, 0.2) is 0 Å². The number of rotatable bonds is 8. The molecule has 6 nitrogen and oxygen atoms in total. The lowest BCUT2D eigenvalue weighted by Crippen LogP contribution is -2.37. The Morgan fingerprint density at radius 1 is 1.26 bits per heavy atom. The molecule has 6 heteroatoms. The smallest absolute Gasteiger partial charge is 0.407 e. The summed E-state index contributed by atoms with van der Waals surface area (Å²) in [5.74, 6) is 0. The predicted octanol–water partition coefficient (Wildman–Crippen LogP) is 2.41. The fourth-order valence-corrected chi connectivity index (χ4v) is 1.55. The molecule has 0 bridgehead atoms. The Labute approximate surface area is 115 Å². The second-order valence-electron chi connectivity index (χ2n) is 5.40. The molecule has 2 amide bonds. The molecule has 0 rings (SSSR count). The van der Waals surface area contributed by atoms with E-state index in [4.69, 9.17) is 15.2 Å². The Bertz CT molecular complexity index is 294. The highest BCUT2D eigenvalue weighted by Gasteiger charge is 2.27. The van der Waals surface area contributed by atoms with Gasteiger partial charge in [-0.2, -0.15) is 0 Å². The van der Waals surface area contributed by atoms with Gasteiger partial charge in [-0.3, -0.25) is 0 Å². The van der Waals surface area contributed by atoms with Gasteiger partial charge in [0.2, 0.25) is 0 Å². The first kappa shape index (κ1) is 17.5. The lowest BCUT2D eigenvalue weighted by atomic mass is 9.87. The van der Waals surface area contributed by atoms with Crippen LogP contribution in [0.2, 0.25) is 0 Å². The molecule has 0 aromatic carbocycles. The van der Waals surface area contributed by atoms with Crippen LogP contribution in [-0.4, -0.2) is 31.4 Å². The van der Waals surface area contributed by atoms with Crippen LogP contribution in [-0.2, 0) is 9.47 Å². The first-order chi connectivity index (χ1) is 8.79. The predicted molar refractivity (Wildman–Crippen MR) is 72.8 cm³/mol. The van der Waals surface area contributed by atoms with Crippen LogP contribution in [0.1, 0.15) is 47.0 Å². The molecule has 0 aliphatic rings. The Balaban J connectivity index is 4.31. The van der Waals surface area contributed by atoms with Crippen molar-refractivity contribution in [3.05, 3.63) is 0 Å². The number of nitrogens with one attached hydrogen (secondary N) is 1. The van der Waals surface area contributed by atoms with Gasteiger partial charge in [-0.05, 0) is 20.3 Å². The fourth-order valence-electron chi connectivity index (χ4n) is 1.55. The summed E-state index contributed by atoms with van der Waals surface area (Å²) in [6.07, 6.45) is 1.51. The van der Waals surface area contributed by atoms with Gasteiger partial charge in [-0.15, -0.1) is 0 Å². The van der Waals surface area contributed by atoms with Crippen LogP contribution in [0.25, 0.3) is 0 Å². The monoisotopic (exact) mass is 274 g/mol. The van der Waals surface area contributed by atoms with Crippen molar-refractivity contribution < 1.29 is 19.1 Å². The number of primary amides is 1. The van der Waals surface area contributed by atoms with Crippen molar-refractivity contribution in [2.75, 3.05) is 13.2 Å². The van der Waals surface area contributed by atoms with Crippen molar-refractivity contribution in [2.24, 2.45) is 11.1 Å². The summed E-state index contributed by atoms with van der Waals surface area (Å²) in [6, 6.07) is 0.0243. The van der Waals surface area contributed by atoms with E-state index >= 15 is 0 Å². The molecule has 0 aliphatic carbocycles. The molecule has 0 aromatic heterocycles. The Kier molecular flexibility index (Phi) is 7.95. The van der Waals surface area contributed by atoms with E-state index in [0.717, 1.165) is 19.3 Å². The van der Waals surface area contributed by atoms with E-state index in [1.54, 1.807) is 0 Å². The van der Waals surface area contributed by atoms with E-state index in [2.05, 4.69) is 12.2 Å². The minimum Gasteiger partial charge on any atom is -0.449 e. The van der Waals surface area contributed by atoms with Crippen molar-refractivity contribution >= 4 is 12.2 Å². The van der Waals surface area contributed by atoms with Gasteiger partial charge in [-0.25, -0.2) is 9.59 Å². The third-order valence-electron chi connectivity index (χ3n) is 2.66. The number of hydrogen-bond donors (Lipinski definition) is 2. The number of hydrogen-bond acceptors (Lipinski definition) is 4. The topological polar surface area (TPSA) is 90.7 Å². The molecule has 0 heterocycles. The SMILES string of the molecule is CCCCC(C)(COC(N)=O)COC(=O)NC(C)C. The molecule has 0 saturated heterocycles. The highest BCUT2D eigenvalue weighted by Crippen LogP contribution is 2.25. The van der Waals surface area contributed by atoms with E-state index in [0.29, 0.717) is 0 Å². The average Bonchev–Trinajstić information content (AvgIpc) is 2.31. The fraction of sp³-hybridized carbons (Fsp3) is 0.846. The van der Waals surface area contributed by atoms with Crippen molar-refractivity contribution in [2.45, 2.75) is 53.0 Å². The maximum atomic E-state index is 11.4. The Hall–Kier alpha value is -1.46. The highest BCUT2D eigenvalue weighted by molar-refractivity contribution is 5.67. The summed E-state index contributed by atoms with van der Waals surface area (Å²) in [5.41, 5.74) is 4.57. The normalized spacial score (nSPS) is 13.7. The van der Waals surface area contributed by atoms with E-state index < -0.39 is 17.6 Å². The van der Waals surface area contributed by atoms with Gasteiger partial charge in [0.15, 0.2) is 0 Å². The first-order valence-electron chi connectivity index (χ1n) is 6.64. The summed E-state index contributed by atoms with van der Waals surface area (Å²) >= 11 is 0. The number of carbonyl (C=O) groups excluding carboxylic acids is 2.